The van der Waals surface area contributed by atoms with Crippen molar-refractivity contribution < 1.29 is 9.18 Å². The molecular formula is C18H17FN4OS. The van der Waals surface area contributed by atoms with Gasteiger partial charge in [-0.25, -0.2) is 4.39 Å². The highest BCUT2D eigenvalue weighted by molar-refractivity contribution is 7.99. The van der Waals surface area contributed by atoms with Crippen LogP contribution in [-0.2, 0) is 4.79 Å². The lowest BCUT2D eigenvalue weighted by molar-refractivity contribution is -0.113. The van der Waals surface area contributed by atoms with Crippen molar-refractivity contribution >= 4 is 23.4 Å². The Labute approximate surface area is 149 Å². The summed E-state index contributed by atoms with van der Waals surface area (Å²) in [5, 5.41) is 11.3. The Morgan fingerprint density at radius 3 is 2.84 bits per heavy atom. The van der Waals surface area contributed by atoms with Crippen LogP contribution in [0.25, 0.3) is 5.69 Å². The zero-order valence-corrected chi connectivity index (χ0v) is 14.7. The number of carbonyl (C=O) groups excluding carboxylic acids is 1. The molecular weight excluding hydrogens is 339 g/mol. The monoisotopic (exact) mass is 356 g/mol. The molecule has 0 aliphatic carbocycles. The third kappa shape index (κ3) is 4.24. The molecule has 0 radical (unpaired) electrons. The van der Waals surface area contributed by atoms with Crippen molar-refractivity contribution in [3.8, 4) is 5.69 Å². The second kappa shape index (κ2) is 7.48. The van der Waals surface area contributed by atoms with Gasteiger partial charge in [-0.2, -0.15) is 0 Å². The van der Waals surface area contributed by atoms with Crippen LogP contribution in [0.1, 0.15) is 11.1 Å². The first-order chi connectivity index (χ1) is 12.0. The minimum absolute atomic E-state index is 0.153. The summed E-state index contributed by atoms with van der Waals surface area (Å²) in [6.07, 6.45) is 1.63. The fraction of sp³-hybridized carbons (Fsp3) is 0.167. The summed E-state index contributed by atoms with van der Waals surface area (Å²) in [6.45, 7) is 4.06. The van der Waals surface area contributed by atoms with Crippen molar-refractivity contribution in [3.05, 3.63) is 65.7 Å². The Hall–Kier alpha value is -2.67. The van der Waals surface area contributed by atoms with E-state index in [0.717, 1.165) is 11.3 Å². The molecule has 0 unspecified atom stereocenters. The molecule has 1 heterocycles. The molecule has 1 N–H and O–H groups in total. The number of hydrogen-bond acceptors (Lipinski definition) is 4. The molecule has 1 amide bonds. The Morgan fingerprint density at radius 1 is 1.24 bits per heavy atom. The van der Waals surface area contributed by atoms with Gasteiger partial charge >= 0.3 is 0 Å². The van der Waals surface area contributed by atoms with E-state index in [2.05, 4.69) is 21.6 Å². The number of thioether (sulfide) groups is 1. The Morgan fingerprint density at radius 2 is 2.08 bits per heavy atom. The summed E-state index contributed by atoms with van der Waals surface area (Å²) in [5.41, 5.74) is 3.69. The van der Waals surface area contributed by atoms with Crippen molar-refractivity contribution in [2.24, 2.45) is 0 Å². The maximum atomic E-state index is 13.2. The van der Waals surface area contributed by atoms with Gasteiger partial charge < -0.3 is 5.32 Å². The Kier molecular flexibility index (Phi) is 5.14. The van der Waals surface area contributed by atoms with E-state index in [0.29, 0.717) is 10.8 Å². The molecule has 0 spiro atoms. The van der Waals surface area contributed by atoms with Gasteiger partial charge in [0.05, 0.1) is 11.4 Å². The molecule has 0 aliphatic rings. The smallest absolute Gasteiger partial charge is 0.234 e. The van der Waals surface area contributed by atoms with Crippen molar-refractivity contribution in [1.29, 1.82) is 0 Å². The summed E-state index contributed by atoms with van der Waals surface area (Å²) < 4.78 is 15.0. The van der Waals surface area contributed by atoms with Crippen molar-refractivity contribution in [3.63, 3.8) is 0 Å². The van der Waals surface area contributed by atoms with Crippen LogP contribution in [0.15, 0.2) is 53.9 Å². The van der Waals surface area contributed by atoms with Crippen LogP contribution in [0.5, 0.6) is 0 Å². The van der Waals surface area contributed by atoms with Gasteiger partial charge in [0, 0.05) is 5.69 Å². The zero-order valence-electron chi connectivity index (χ0n) is 13.9. The van der Waals surface area contributed by atoms with Gasteiger partial charge in [-0.15, -0.1) is 10.2 Å². The van der Waals surface area contributed by atoms with Crippen LogP contribution in [-0.4, -0.2) is 26.4 Å². The van der Waals surface area contributed by atoms with Crippen LogP contribution >= 0.6 is 11.8 Å². The highest BCUT2D eigenvalue weighted by Gasteiger charge is 2.12. The average molecular weight is 356 g/mol. The Bertz CT molecular complexity index is 910. The summed E-state index contributed by atoms with van der Waals surface area (Å²) in [4.78, 5) is 12.1. The summed E-state index contributed by atoms with van der Waals surface area (Å²) in [5.74, 6) is -0.467. The van der Waals surface area contributed by atoms with Crippen LogP contribution in [0, 0.1) is 19.7 Å². The lowest BCUT2D eigenvalue weighted by atomic mass is 10.1. The molecule has 3 aromatic rings. The number of aromatic nitrogens is 3. The predicted molar refractivity (Wildman–Crippen MR) is 96.6 cm³/mol. The number of carbonyl (C=O) groups is 1. The maximum Gasteiger partial charge on any atom is 0.234 e. The van der Waals surface area contributed by atoms with E-state index in [-0.39, 0.29) is 17.5 Å². The highest BCUT2D eigenvalue weighted by atomic mass is 32.2. The number of anilines is 1. The summed E-state index contributed by atoms with van der Waals surface area (Å²) in [6, 6.07) is 11.9. The predicted octanol–water partition coefficient (Wildman–Crippen LogP) is 3.75. The molecule has 1 aromatic heterocycles. The molecule has 0 atom stereocenters. The molecule has 128 valence electrons. The van der Waals surface area contributed by atoms with Gasteiger partial charge in [0.15, 0.2) is 5.16 Å². The number of hydrogen-bond donors (Lipinski definition) is 1. The summed E-state index contributed by atoms with van der Waals surface area (Å²) in [7, 11) is 0. The number of amides is 1. The van der Waals surface area contributed by atoms with E-state index in [1.165, 1.54) is 29.5 Å². The molecule has 0 saturated carbocycles. The minimum atomic E-state index is -0.389. The van der Waals surface area contributed by atoms with Gasteiger partial charge in [0.1, 0.15) is 12.1 Å². The first-order valence-electron chi connectivity index (χ1n) is 7.69. The van der Waals surface area contributed by atoms with Gasteiger partial charge in [0.2, 0.25) is 5.91 Å². The first kappa shape index (κ1) is 17.2. The van der Waals surface area contributed by atoms with Crippen molar-refractivity contribution in [2.75, 3.05) is 11.1 Å². The second-order valence-corrected chi connectivity index (χ2v) is 6.56. The van der Waals surface area contributed by atoms with E-state index in [1.54, 1.807) is 18.5 Å². The van der Waals surface area contributed by atoms with Gasteiger partial charge in [-0.1, -0.05) is 35.5 Å². The quantitative estimate of drug-likeness (QED) is 0.707. The second-order valence-electron chi connectivity index (χ2n) is 5.62. The Balaban J connectivity index is 1.68. The average Bonchev–Trinajstić information content (AvgIpc) is 3.01. The van der Waals surface area contributed by atoms with Crippen LogP contribution in [0.4, 0.5) is 10.1 Å². The van der Waals surface area contributed by atoms with E-state index in [9.17, 15) is 9.18 Å². The number of nitrogens with one attached hydrogen (secondary N) is 1. The molecule has 0 fully saturated rings. The van der Waals surface area contributed by atoms with Crippen molar-refractivity contribution in [1.82, 2.24) is 14.8 Å². The molecule has 0 bridgehead atoms. The van der Waals surface area contributed by atoms with Gasteiger partial charge in [-0.05, 0) is 43.7 Å². The fourth-order valence-corrected chi connectivity index (χ4v) is 3.18. The molecule has 0 saturated heterocycles. The lowest BCUT2D eigenvalue weighted by Gasteiger charge is -2.10. The third-order valence-electron chi connectivity index (χ3n) is 3.57. The molecule has 3 rings (SSSR count). The van der Waals surface area contributed by atoms with Crippen LogP contribution < -0.4 is 5.32 Å². The standard InChI is InChI=1S/C18H17FN4OS/c1-12-6-7-16(13(2)8-12)23-11-20-22-18(23)25-10-17(24)21-15-5-3-4-14(19)9-15/h3-9,11H,10H2,1-2H3,(H,21,24). The van der Waals surface area contributed by atoms with E-state index in [1.807, 2.05) is 30.5 Å². The van der Waals surface area contributed by atoms with E-state index >= 15 is 0 Å². The lowest BCUT2D eigenvalue weighted by Crippen LogP contribution is -2.14. The minimum Gasteiger partial charge on any atom is -0.325 e. The molecule has 2 aromatic carbocycles. The van der Waals surface area contributed by atoms with Gasteiger partial charge in [0.25, 0.3) is 0 Å². The molecule has 5 nitrogen and oxygen atoms in total. The van der Waals surface area contributed by atoms with Gasteiger partial charge in [-0.3, -0.25) is 9.36 Å². The van der Waals surface area contributed by atoms with Crippen LogP contribution in [0.3, 0.4) is 0 Å². The third-order valence-corrected chi connectivity index (χ3v) is 4.51. The normalized spacial score (nSPS) is 10.7. The van der Waals surface area contributed by atoms with Crippen molar-refractivity contribution in [2.45, 2.75) is 19.0 Å². The number of aryl methyl sites for hydroxylation is 2. The molecule has 7 heteroatoms. The van der Waals surface area contributed by atoms with Crippen LogP contribution in [0.2, 0.25) is 0 Å². The molecule has 25 heavy (non-hydrogen) atoms. The number of halogens is 1. The molecule has 0 aliphatic heterocycles. The van der Waals surface area contributed by atoms with E-state index in [4.69, 9.17) is 0 Å². The first-order valence-corrected chi connectivity index (χ1v) is 8.67. The summed E-state index contributed by atoms with van der Waals surface area (Å²) >= 11 is 1.28. The zero-order chi connectivity index (χ0) is 17.8. The number of nitrogens with zero attached hydrogens (tertiary/aromatic N) is 3. The fourth-order valence-electron chi connectivity index (χ4n) is 2.46. The largest absolute Gasteiger partial charge is 0.325 e. The number of benzene rings is 2. The maximum absolute atomic E-state index is 13.2. The number of rotatable bonds is 5. The van der Waals surface area contributed by atoms with E-state index < -0.39 is 0 Å². The SMILES string of the molecule is Cc1ccc(-n2cnnc2SCC(=O)Nc2cccc(F)c2)c(C)c1. The topological polar surface area (TPSA) is 59.8 Å². The highest BCUT2D eigenvalue weighted by Crippen LogP contribution is 2.22.